The Hall–Kier alpha value is -4.11. The van der Waals surface area contributed by atoms with Crippen LogP contribution in [0, 0.1) is 0 Å². The maximum Gasteiger partial charge on any atom is 0.287 e. The van der Waals surface area contributed by atoms with E-state index in [0.29, 0.717) is 29.9 Å². The number of morpholine rings is 1. The molecule has 0 aliphatic carbocycles. The Balaban J connectivity index is 1.27. The number of nitrogens with zero attached hydrogens (tertiary/aromatic N) is 2. The lowest BCUT2D eigenvalue weighted by molar-refractivity contribution is 0.0909. The van der Waals surface area contributed by atoms with Crippen LogP contribution in [0.3, 0.4) is 0 Å². The number of rotatable bonds is 7. The number of benzene rings is 2. The predicted molar refractivity (Wildman–Crippen MR) is 133 cm³/mol. The van der Waals surface area contributed by atoms with Crippen molar-refractivity contribution in [3.63, 3.8) is 0 Å². The van der Waals surface area contributed by atoms with Gasteiger partial charge in [0.2, 0.25) is 0 Å². The average molecular weight is 474 g/mol. The van der Waals surface area contributed by atoms with E-state index in [0.717, 1.165) is 30.8 Å². The minimum Gasteiger partial charge on any atom is -0.445 e. The Bertz CT molecular complexity index is 1310. The Morgan fingerprint density at radius 2 is 1.80 bits per heavy atom. The van der Waals surface area contributed by atoms with Gasteiger partial charge in [-0.15, -0.1) is 0 Å². The van der Waals surface area contributed by atoms with E-state index in [-0.39, 0.29) is 29.4 Å². The van der Waals surface area contributed by atoms with Gasteiger partial charge < -0.3 is 24.7 Å². The number of hydrogen-bond acceptors (Lipinski definition) is 6. The van der Waals surface area contributed by atoms with Crippen LogP contribution in [0.4, 0.5) is 11.5 Å². The second-order valence-electron chi connectivity index (χ2n) is 8.37. The lowest BCUT2D eigenvalue weighted by atomic mass is 10.0. The van der Waals surface area contributed by atoms with Crippen LogP contribution in [0.1, 0.15) is 45.9 Å². The molecule has 0 saturated carbocycles. The zero-order valence-corrected chi connectivity index (χ0v) is 19.4. The fourth-order valence-electron chi connectivity index (χ4n) is 4.17. The van der Waals surface area contributed by atoms with Crippen molar-refractivity contribution in [3.05, 3.63) is 77.6 Å². The van der Waals surface area contributed by atoms with Gasteiger partial charge in [-0.2, -0.15) is 5.10 Å². The van der Waals surface area contributed by atoms with Crippen LogP contribution >= 0.6 is 0 Å². The number of anilines is 2. The summed E-state index contributed by atoms with van der Waals surface area (Å²) in [4.78, 5) is 27.9. The number of nitrogens with one attached hydrogen (secondary N) is 3. The fraction of sp³-hybridized carbons (Fsp3) is 0.269. The second kappa shape index (κ2) is 10.0. The molecule has 0 radical (unpaired) electrons. The van der Waals surface area contributed by atoms with Gasteiger partial charge in [-0.1, -0.05) is 37.3 Å². The zero-order chi connectivity index (χ0) is 24.2. The van der Waals surface area contributed by atoms with E-state index in [1.165, 1.54) is 0 Å². The van der Waals surface area contributed by atoms with Crippen LogP contribution < -0.4 is 15.5 Å². The van der Waals surface area contributed by atoms with E-state index >= 15 is 0 Å². The van der Waals surface area contributed by atoms with Gasteiger partial charge in [0.1, 0.15) is 5.52 Å². The van der Waals surface area contributed by atoms with Crippen molar-refractivity contribution in [2.75, 3.05) is 36.5 Å². The molecule has 9 nitrogen and oxygen atoms in total. The zero-order valence-electron chi connectivity index (χ0n) is 19.4. The number of carbonyl (C=O) groups excluding carboxylic acids is 2. The molecule has 3 heterocycles. The van der Waals surface area contributed by atoms with E-state index in [1.807, 2.05) is 49.4 Å². The lowest BCUT2D eigenvalue weighted by Crippen LogP contribution is -2.36. The molecule has 1 fully saturated rings. The maximum atomic E-state index is 12.8. The molecular weight excluding hydrogens is 446 g/mol. The summed E-state index contributed by atoms with van der Waals surface area (Å²) < 4.78 is 11.2. The van der Waals surface area contributed by atoms with Gasteiger partial charge in [0.25, 0.3) is 11.8 Å². The molecule has 2 aromatic heterocycles. The molecule has 35 heavy (non-hydrogen) atoms. The smallest absolute Gasteiger partial charge is 0.287 e. The molecule has 9 heteroatoms. The molecule has 1 aliphatic heterocycles. The molecule has 5 rings (SSSR count). The van der Waals surface area contributed by atoms with E-state index < -0.39 is 0 Å². The van der Waals surface area contributed by atoms with Crippen molar-refractivity contribution < 1.29 is 18.7 Å². The molecule has 4 aromatic rings. The highest BCUT2D eigenvalue weighted by atomic mass is 16.5. The fourth-order valence-corrected chi connectivity index (χ4v) is 4.17. The van der Waals surface area contributed by atoms with Crippen LogP contribution in [0.15, 0.2) is 65.1 Å². The van der Waals surface area contributed by atoms with E-state index in [1.54, 1.807) is 18.2 Å². The van der Waals surface area contributed by atoms with Gasteiger partial charge in [0, 0.05) is 30.4 Å². The highest BCUT2D eigenvalue weighted by Crippen LogP contribution is 2.26. The van der Waals surface area contributed by atoms with Crippen LogP contribution in [0.2, 0.25) is 0 Å². The van der Waals surface area contributed by atoms with Crippen LogP contribution in [-0.4, -0.2) is 48.3 Å². The number of aromatic nitrogens is 2. The van der Waals surface area contributed by atoms with E-state index in [4.69, 9.17) is 9.15 Å². The molecule has 1 atom stereocenters. The van der Waals surface area contributed by atoms with Crippen molar-refractivity contribution in [1.82, 2.24) is 15.5 Å². The minimum absolute atomic E-state index is 0.134. The molecule has 1 aliphatic rings. The molecule has 0 bridgehead atoms. The van der Waals surface area contributed by atoms with E-state index in [9.17, 15) is 9.59 Å². The highest BCUT2D eigenvalue weighted by Gasteiger charge is 2.21. The Kier molecular flexibility index (Phi) is 6.49. The van der Waals surface area contributed by atoms with Gasteiger partial charge in [-0.25, -0.2) is 0 Å². The molecule has 2 amide bonds. The average Bonchev–Trinajstić information content (AvgIpc) is 3.50. The summed E-state index contributed by atoms with van der Waals surface area (Å²) in [5, 5.41) is 12.7. The molecule has 3 N–H and O–H groups in total. The van der Waals surface area contributed by atoms with Crippen molar-refractivity contribution in [3.8, 4) is 0 Å². The highest BCUT2D eigenvalue weighted by molar-refractivity contribution is 6.07. The van der Waals surface area contributed by atoms with Crippen molar-refractivity contribution >= 4 is 34.4 Å². The number of hydrogen-bond donors (Lipinski definition) is 3. The van der Waals surface area contributed by atoms with Gasteiger partial charge in [0.05, 0.1) is 19.3 Å². The second-order valence-corrected chi connectivity index (χ2v) is 8.37. The topological polar surface area (TPSA) is 112 Å². The number of fused-ring (bicyclic) bond motifs is 1. The Labute approximate surface area is 202 Å². The lowest BCUT2D eigenvalue weighted by Gasteiger charge is -2.28. The molecule has 2 aromatic carbocycles. The summed E-state index contributed by atoms with van der Waals surface area (Å²) in [5.41, 5.74) is 3.42. The molecular formula is C26H27N5O4. The standard InChI is InChI=1S/C26H27N5O4/c1-2-20(17-6-4-3-5-7-17)27-26(33)22-16-21-23(35-22)24(30-29-21)28-25(32)18-8-10-19(11-9-18)31-12-14-34-15-13-31/h3-11,16,20H,2,12-15H2,1H3,(H,27,33)(H2,28,29,30,32)/t20-/m0/s1. The first-order chi connectivity index (χ1) is 17.1. The third-order valence-corrected chi connectivity index (χ3v) is 6.11. The number of carbonyl (C=O) groups is 2. The summed E-state index contributed by atoms with van der Waals surface area (Å²) in [7, 11) is 0. The predicted octanol–water partition coefficient (Wildman–Crippen LogP) is 4.13. The maximum absolute atomic E-state index is 12.8. The van der Waals surface area contributed by atoms with Gasteiger partial charge in [-0.3, -0.25) is 14.7 Å². The quantitative estimate of drug-likeness (QED) is 0.372. The van der Waals surface area contributed by atoms with Crippen molar-refractivity contribution in [1.29, 1.82) is 0 Å². The number of amides is 2. The minimum atomic E-state index is -0.332. The van der Waals surface area contributed by atoms with Crippen LogP contribution in [-0.2, 0) is 4.74 Å². The first kappa shape index (κ1) is 22.7. The van der Waals surface area contributed by atoms with Crippen molar-refractivity contribution in [2.45, 2.75) is 19.4 Å². The molecule has 180 valence electrons. The van der Waals surface area contributed by atoms with E-state index in [2.05, 4.69) is 25.7 Å². The van der Waals surface area contributed by atoms with Crippen molar-refractivity contribution in [2.24, 2.45) is 0 Å². The third-order valence-electron chi connectivity index (χ3n) is 6.11. The summed E-state index contributed by atoms with van der Waals surface area (Å²) in [5.74, 6) is -0.268. The summed E-state index contributed by atoms with van der Waals surface area (Å²) in [6.07, 6.45) is 0.738. The van der Waals surface area contributed by atoms with Gasteiger partial charge in [-0.05, 0) is 36.2 Å². The summed E-state index contributed by atoms with van der Waals surface area (Å²) in [6.45, 7) is 5.07. The number of ether oxygens (including phenoxy) is 1. The summed E-state index contributed by atoms with van der Waals surface area (Å²) in [6, 6.07) is 18.6. The van der Waals surface area contributed by atoms with Crippen LogP contribution in [0.25, 0.3) is 11.1 Å². The number of H-pyrrole nitrogens is 1. The Morgan fingerprint density at radius 1 is 1.06 bits per heavy atom. The summed E-state index contributed by atoms with van der Waals surface area (Å²) >= 11 is 0. The normalized spacial score (nSPS) is 14.6. The van der Waals surface area contributed by atoms with Gasteiger partial charge >= 0.3 is 0 Å². The molecule has 0 unspecified atom stereocenters. The SMILES string of the molecule is CC[C@H](NC(=O)c1cc2[nH]nc(NC(=O)c3ccc(N4CCOCC4)cc3)c2o1)c1ccccc1. The van der Waals surface area contributed by atoms with Crippen LogP contribution in [0.5, 0.6) is 0 Å². The van der Waals surface area contributed by atoms with Gasteiger partial charge in [0.15, 0.2) is 17.2 Å². The molecule has 1 saturated heterocycles. The monoisotopic (exact) mass is 473 g/mol. The first-order valence-corrected chi connectivity index (χ1v) is 11.7. The Morgan fingerprint density at radius 3 is 2.51 bits per heavy atom. The number of aromatic amines is 1. The first-order valence-electron chi connectivity index (χ1n) is 11.7. The third kappa shape index (κ3) is 4.90. The largest absolute Gasteiger partial charge is 0.445 e. The number of furan rings is 1. The molecule has 0 spiro atoms.